The van der Waals surface area contributed by atoms with Gasteiger partial charge in [-0.05, 0) is 37.8 Å². The normalized spacial score (nSPS) is 13.5. The molecule has 0 radical (unpaired) electrons. The molecule has 1 amide bonds. The molecular formula is C19H21N5O2S. The van der Waals surface area contributed by atoms with Crippen LogP contribution in [-0.4, -0.2) is 32.4 Å². The Morgan fingerprint density at radius 1 is 1.22 bits per heavy atom. The van der Waals surface area contributed by atoms with E-state index in [1.165, 1.54) is 28.1 Å². The summed E-state index contributed by atoms with van der Waals surface area (Å²) in [5, 5.41) is 12.5. The third-order valence-corrected chi connectivity index (χ3v) is 5.95. The Morgan fingerprint density at radius 3 is 2.96 bits per heavy atom. The van der Waals surface area contributed by atoms with Crippen molar-refractivity contribution >= 4 is 28.1 Å². The Labute approximate surface area is 160 Å². The van der Waals surface area contributed by atoms with Crippen molar-refractivity contribution in [3.05, 3.63) is 50.2 Å². The molecule has 1 aromatic carbocycles. The first-order valence-corrected chi connectivity index (χ1v) is 10.1. The summed E-state index contributed by atoms with van der Waals surface area (Å²) < 4.78 is 1.25. The smallest absolute Gasteiger partial charge is 0.277 e. The molecule has 2 aromatic heterocycles. The summed E-state index contributed by atoms with van der Waals surface area (Å²) in [7, 11) is 0. The van der Waals surface area contributed by atoms with E-state index in [2.05, 4.69) is 20.6 Å². The van der Waals surface area contributed by atoms with Crippen LogP contribution in [0.2, 0.25) is 0 Å². The average molecular weight is 383 g/mol. The van der Waals surface area contributed by atoms with E-state index >= 15 is 0 Å². The zero-order chi connectivity index (χ0) is 18.6. The molecular weight excluding hydrogens is 362 g/mol. The van der Waals surface area contributed by atoms with Gasteiger partial charge in [-0.15, -0.1) is 16.4 Å². The van der Waals surface area contributed by atoms with Crippen molar-refractivity contribution in [3.8, 4) is 0 Å². The van der Waals surface area contributed by atoms with Crippen LogP contribution in [0.25, 0.3) is 10.9 Å². The molecule has 1 aliphatic carbocycles. The van der Waals surface area contributed by atoms with Gasteiger partial charge in [0.15, 0.2) is 0 Å². The number of carbonyl (C=O) groups excluding carboxylic acids is 1. The Morgan fingerprint density at radius 2 is 2.07 bits per heavy atom. The number of hydrogen-bond donors (Lipinski definition) is 1. The lowest BCUT2D eigenvalue weighted by atomic mass is 10.0. The second kappa shape index (κ2) is 7.96. The van der Waals surface area contributed by atoms with Crippen LogP contribution in [0.4, 0.5) is 0 Å². The van der Waals surface area contributed by atoms with Gasteiger partial charge in [-0.1, -0.05) is 17.3 Å². The van der Waals surface area contributed by atoms with E-state index in [1.807, 2.05) is 6.07 Å². The predicted molar refractivity (Wildman–Crippen MR) is 104 cm³/mol. The van der Waals surface area contributed by atoms with Gasteiger partial charge in [-0.3, -0.25) is 9.59 Å². The summed E-state index contributed by atoms with van der Waals surface area (Å²) in [5.74, 6) is -0.0989. The molecule has 0 bridgehead atoms. The maximum Gasteiger partial charge on any atom is 0.277 e. The summed E-state index contributed by atoms with van der Waals surface area (Å²) in [5.41, 5.74) is 1.60. The van der Waals surface area contributed by atoms with Crippen LogP contribution in [0.15, 0.2) is 29.1 Å². The second-order valence-electron chi connectivity index (χ2n) is 6.67. The highest BCUT2D eigenvalue weighted by Crippen LogP contribution is 2.26. The number of nitrogens with one attached hydrogen (secondary N) is 1. The molecule has 0 saturated carbocycles. The van der Waals surface area contributed by atoms with E-state index in [0.717, 1.165) is 24.3 Å². The SMILES string of the molecule is O=C(CCn1nnc2ccccc2c1=O)NCCc1nc2c(s1)CCCC2. The minimum atomic E-state index is -0.221. The van der Waals surface area contributed by atoms with Gasteiger partial charge in [0.1, 0.15) is 5.52 Å². The van der Waals surface area contributed by atoms with Crippen LogP contribution in [0.5, 0.6) is 0 Å². The number of benzene rings is 1. The number of aryl methyl sites for hydroxylation is 3. The number of hydrogen-bond acceptors (Lipinski definition) is 6. The second-order valence-corrected chi connectivity index (χ2v) is 7.84. The molecule has 0 saturated heterocycles. The van der Waals surface area contributed by atoms with Gasteiger partial charge in [0, 0.05) is 24.3 Å². The van der Waals surface area contributed by atoms with Crippen molar-refractivity contribution in [1.82, 2.24) is 25.3 Å². The van der Waals surface area contributed by atoms with Crippen LogP contribution in [0.3, 0.4) is 0 Å². The van der Waals surface area contributed by atoms with Crippen molar-refractivity contribution in [2.24, 2.45) is 0 Å². The minimum absolute atomic E-state index is 0.0989. The third kappa shape index (κ3) is 4.05. The van der Waals surface area contributed by atoms with E-state index in [4.69, 9.17) is 0 Å². The van der Waals surface area contributed by atoms with Crippen molar-refractivity contribution < 1.29 is 4.79 Å². The molecule has 8 heteroatoms. The highest BCUT2D eigenvalue weighted by molar-refractivity contribution is 7.11. The standard InChI is InChI=1S/C19H21N5O2S/c25-17(20-11-9-18-21-15-7-3-4-8-16(15)27-18)10-12-24-19(26)13-5-1-2-6-14(13)22-23-24/h1-2,5-6H,3-4,7-12H2,(H,20,25). The number of aromatic nitrogens is 4. The van der Waals surface area contributed by atoms with Crippen molar-refractivity contribution in [2.75, 3.05) is 6.54 Å². The molecule has 140 valence electrons. The van der Waals surface area contributed by atoms with E-state index in [-0.39, 0.29) is 24.4 Å². The summed E-state index contributed by atoms with van der Waals surface area (Å²) in [6, 6.07) is 7.07. The van der Waals surface area contributed by atoms with E-state index < -0.39 is 0 Å². The molecule has 0 unspecified atom stereocenters. The molecule has 0 atom stereocenters. The van der Waals surface area contributed by atoms with E-state index in [9.17, 15) is 9.59 Å². The van der Waals surface area contributed by atoms with Crippen LogP contribution >= 0.6 is 11.3 Å². The molecule has 27 heavy (non-hydrogen) atoms. The van der Waals surface area contributed by atoms with Gasteiger partial charge in [0.2, 0.25) is 5.91 Å². The van der Waals surface area contributed by atoms with Crippen LogP contribution in [0, 0.1) is 0 Å². The molecule has 0 aliphatic heterocycles. The van der Waals surface area contributed by atoms with Crippen molar-refractivity contribution in [1.29, 1.82) is 0 Å². The Kier molecular flexibility index (Phi) is 5.24. The molecule has 2 heterocycles. The number of amides is 1. The van der Waals surface area contributed by atoms with Gasteiger partial charge < -0.3 is 5.32 Å². The van der Waals surface area contributed by atoms with Crippen LogP contribution in [-0.2, 0) is 30.6 Å². The summed E-state index contributed by atoms with van der Waals surface area (Å²) in [6.45, 7) is 0.775. The first kappa shape index (κ1) is 17.8. The zero-order valence-corrected chi connectivity index (χ0v) is 15.8. The van der Waals surface area contributed by atoms with Gasteiger partial charge >= 0.3 is 0 Å². The number of rotatable bonds is 6. The van der Waals surface area contributed by atoms with Crippen molar-refractivity contribution in [2.45, 2.75) is 45.1 Å². The highest BCUT2D eigenvalue weighted by atomic mass is 32.1. The molecule has 4 rings (SSSR count). The van der Waals surface area contributed by atoms with Crippen LogP contribution < -0.4 is 10.9 Å². The molecule has 0 fully saturated rings. The number of nitrogens with zero attached hydrogens (tertiary/aromatic N) is 4. The van der Waals surface area contributed by atoms with Crippen LogP contribution in [0.1, 0.15) is 34.8 Å². The van der Waals surface area contributed by atoms with Crippen molar-refractivity contribution in [3.63, 3.8) is 0 Å². The molecule has 7 nitrogen and oxygen atoms in total. The lowest BCUT2D eigenvalue weighted by Gasteiger charge is -2.06. The van der Waals surface area contributed by atoms with Gasteiger partial charge in [-0.2, -0.15) is 0 Å². The zero-order valence-electron chi connectivity index (χ0n) is 15.0. The summed E-state index contributed by atoms with van der Waals surface area (Å²) in [4.78, 5) is 30.5. The maximum atomic E-state index is 12.4. The first-order chi connectivity index (χ1) is 13.2. The quantitative estimate of drug-likeness (QED) is 0.702. The fraction of sp³-hybridized carbons (Fsp3) is 0.421. The summed E-state index contributed by atoms with van der Waals surface area (Å²) >= 11 is 1.77. The first-order valence-electron chi connectivity index (χ1n) is 9.27. The maximum absolute atomic E-state index is 12.4. The molecule has 0 spiro atoms. The lowest BCUT2D eigenvalue weighted by Crippen LogP contribution is -2.30. The molecule has 3 aromatic rings. The topological polar surface area (TPSA) is 89.8 Å². The third-order valence-electron chi connectivity index (χ3n) is 4.73. The minimum Gasteiger partial charge on any atom is -0.356 e. The Hall–Kier alpha value is -2.61. The van der Waals surface area contributed by atoms with E-state index in [0.29, 0.717) is 17.4 Å². The van der Waals surface area contributed by atoms with Gasteiger partial charge in [0.25, 0.3) is 5.56 Å². The molecule has 1 aliphatic rings. The number of thiazole rings is 1. The van der Waals surface area contributed by atoms with E-state index in [1.54, 1.807) is 29.5 Å². The monoisotopic (exact) mass is 383 g/mol. The summed E-state index contributed by atoms with van der Waals surface area (Å²) in [6.07, 6.45) is 5.65. The fourth-order valence-electron chi connectivity index (χ4n) is 3.29. The Bertz CT molecular complexity index is 1000. The van der Waals surface area contributed by atoms with Gasteiger partial charge in [-0.25, -0.2) is 9.67 Å². The number of fused-ring (bicyclic) bond motifs is 2. The largest absolute Gasteiger partial charge is 0.356 e. The number of carbonyl (C=O) groups is 1. The highest BCUT2D eigenvalue weighted by Gasteiger charge is 2.15. The lowest BCUT2D eigenvalue weighted by molar-refractivity contribution is -0.121. The van der Waals surface area contributed by atoms with Gasteiger partial charge in [0.05, 0.1) is 22.6 Å². The fourth-order valence-corrected chi connectivity index (χ4v) is 4.44. The molecule has 1 N–H and O–H groups in total. The predicted octanol–water partition coefficient (Wildman–Crippen LogP) is 1.88. The Balaban J connectivity index is 1.28. The average Bonchev–Trinajstić information content (AvgIpc) is 3.10.